The van der Waals surface area contributed by atoms with Gasteiger partial charge in [-0.2, -0.15) is 0 Å². The lowest BCUT2D eigenvalue weighted by atomic mass is 10.1. The van der Waals surface area contributed by atoms with Crippen LogP contribution in [0.5, 0.6) is 0 Å². The maximum Gasteiger partial charge on any atom is 0.251 e. The molecule has 1 aliphatic rings. The van der Waals surface area contributed by atoms with Gasteiger partial charge in [0.05, 0.1) is 18.5 Å². The largest absolute Gasteiger partial charge is 0.459 e. The Balaban J connectivity index is 1.43. The molecule has 2 aromatic carbocycles. The molecular weight excluding hydrogens is 412 g/mol. The minimum Gasteiger partial charge on any atom is -0.459 e. The van der Waals surface area contributed by atoms with Gasteiger partial charge in [0.25, 0.3) is 5.91 Å². The van der Waals surface area contributed by atoms with Crippen molar-refractivity contribution in [2.24, 2.45) is 0 Å². The number of furan rings is 1. The second-order valence-corrected chi connectivity index (χ2v) is 9.23. The van der Waals surface area contributed by atoms with E-state index in [0.717, 1.165) is 11.1 Å². The van der Waals surface area contributed by atoms with Gasteiger partial charge in [0.15, 0.2) is 0 Å². The lowest BCUT2D eigenvalue weighted by Crippen LogP contribution is -2.27. The highest BCUT2D eigenvalue weighted by atomic mass is 35.5. The maximum absolute atomic E-state index is 12.5. The zero-order chi connectivity index (χ0) is 20.6. The highest BCUT2D eigenvalue weighted by molar-refractivity contribution is 7.92. The Hall–Kier alpha value is -2.77. The molecule has 29 heavy (non-hydrogen) atoms. The molecule has 1 aromatic heterocycles. The van der Waals surface area contributed by atoms with E-state index in [1.807, 2.05) is 24.3 Å². The number of anilines is 1. The number of hydrogen-bond donors (Lipinski definition) is 1. The van der Waals surface area contributed by atoms with Gasteiger partial charge in [-0.15, -0.1) is 0 Å². The molecular formula is C21H19ClN2O4S. The smallest absolute Gasteiger partial charge is 0.251 e. The maximum atomic E-state index is 12.5. The van der Waals surface area contributed by atoms with E-state index in [1.165, 1.54) is 10.6 Å². The fourth-order valence-electron chi connectivity index (χ4n) is 3.37. The van der Waals surface area contributed by atoms with Crippen molar-refractivity contribution in [2.75, 3.05) is 17.1 Å². The van der Waals surface area contributed by atoms with Crippen LogP contribution in [0.2, 0.25) is 5.02 Å². The van der Waals surface area contributed by atoms with Crippen LogP contribution in [-0.4, -0.2) is 27.1 Å². The van der Waals surface area contributed by atoms with Crippen molar-refractivity contribution in [3.8, 4) is 11.3 Å². The topological polar surface area (TPSA) is 79.6 Å². The summed E-state index contributed by atoms with van der Waals surface area (Å²) >= 11 is 5.90. The molecule has 8 heteroatoms. The molecule has 0 unspecified atom stereocenters. The van der Waals surface area contributed by atoms with Crippen LogP contribution in [0.25, 0.3) is 11.3 Å². The third-order valence-electron chi connectivity index (χ3n) is 4.81. The SMILES string of the molecule is CS(=O)(=O)N1CCc2cc(C(=O)NCc3ccc(-c4ccc(Cl)cc4)o3)ccc21. The second kappa shape index (κ2) is 7.57. The van der Waals surface area contributed by atoms with Crippen LogP contribution in [0.3, 0.4) is 0 Å². The van der Waals surface area contributed by atoms with Crippen LogP contribution in [0.1, 0.15) is 21.7 Å². The number of carbonyl (C=O) groups is 1. The fourth-order valence-corrected chi connectivity index (χ4v) is 4.45. The number of halogens is 1. The molecule has 6 nitrogen and oxygen atoms in total. The number of benzene rings is 2. The van der Waals surface area contributed by atoms with Crippen molar-refractivity contribution in [2.45, 2.75) is 13.0 Å². The van der Waals surface area contributed by atoms with E-state index in [2.05, 4.69) is 5.32 Å². The summed E-state index contributed by atoms with van der Waals surface area (Å²) in [6.07, 6.45) is 1.77. The lowest BCUT2D eigenvalue weighted by Gasteiger charge is -2.16. The van der Waals surface area contributed by atoms with Crippen molar-refractivity contribution >= 4 is 33.2 Å². The number of carbonyl (C=O) groups excluding carboxylic acids is 1. The molecule has 0 spiro atoms. The minimum atomic E-state index is -3.31. The first-order valence-corrected chi connectivity index (χ1v) is 11.3. The number of nitrogens with one attached hydrogen (secondary N) is 1. The summed E-state index contributed by atoms with van der Waals surface area (Å²) in [5.74, 6) is 1.09. The van der Waals surface area contributed by atoms with Gasteiger partial charge in [0.2, 0.25) is 10.0 Å². The first kappa shape index (κ1) is 19.5. The molecule has 0 bridgehead atoms. The number of rotatable bonds is 5. The third kappa shape index (κ3) is 4.16. The third-order valence-corrected chi connectivity index (χ3v) is 6.24. The molecule has 4 rings (SSSR count). The van der Waals surface area contributed by atoms with Gasteiger partial charge in [-0.05, 0) is 66.6 Å². The Morgan fingerprint density at radius 3 is 2.62 bits per heavy atom. The standard InChI is InChI=1S/C21H19ClN2O4S/c1-29(26,27)24-11-10-15-12-16(4-8-19(15)24)21(25)23-13-18-7-9-20(28-18)14-2-5-17(22)6-3-14/h2-9,12H,10-11,13H2,1H3,(H,23,25). The van der Waals surface area contributed by atoms with E-state index in [9.17, 15) is 13.2 Å². The summed E-state index contributed by atoms with van der Waals surface area (Å²) in [7, 11) is -3.31. The second-order valence-electron chi connectivity index (χ2n) is 6.88. The van der Waals surface area contributed by atoms with Crippen LogP contribution in [0.15, 0.2) is 59.0 Å². The van der Waals surface area contributed by atoms with Gasteiger partial charge in [0, 0.05) is 22.7 Å². The zero-order valence-electron chi connectivity index (χ0n) is 15.7. The zero-order valence-corrected chi connectivity index (χ0v) is 17.3. The predicted molar refractivity (Wildman–Crippen MR) is 113 cm³/mol. The number of nitrogens with zero attached hydrogens (tertiary/aromatic N) is 1. The van der Waals surface area contributed by atoms with Crippen LogP contribution in [0, 0.1) is 0 Å². The molecule has 1 N–H and O–H groups in total. The molecule has 3 aromatic rings. The van der Waals surface area contributed by atoms with E-state index in [-0.39, 0.29) is 12.5 Å². The molecule has 0 fully saturated rings. The van der Waals surface area contributed by atoms with Gasteiger partial charge in [-0.3, -0.25) is 9.10 Å². The molecule has 1 amide bonds. The fraction of sp³-hybridized carbons (Fsp3) is 0.190. The predicted octanol–water partition coefficient (Wildman–Crippen LogP) is 3.85. The molecule has 0 saturated heterocycles. The van der Waals surface area contributed by atoms with Gasteiger partial charge >= 0.3 is 0 Å². The van der Waals surface area contributed by atoms with Crippen LogP contribution in [0.4, 0.5) is 5.69 Å². The Labute approximate surface area is 174 Å². The monoisotopic (exact) mass is 430 g/mol. The van der Waals surface area contributed by atoms with Crippen molar-refractivity contribution in [3.63, 3.8) is 0 Å². The van der Waals surface area contributed by atoms with Crippen LogP contribution >= 0.6 is 11.6 Å². The average molecular weight is 431 g/mol. The highest BCUT2D eigenvalue weighted by Crippen LogP contribution is 2.30. The van der Waals surface area contributed by atoms with E-state index in [0.29, 0.717) is 40.8 Å². The summed E-state index contributed by atoms with van der Waals surface area (Å²) in [5.41, 5.74) is 2.89. The summed E-state index contributed by atoms with van der Waals surface area (Å²) < 4.78 is 30.8. The molecule has 0 radical (unpaired) electrons. The van der Waals surface area contributed by atoms with Gasteiger partial charge in [0.1, 0.15) is 11.5 Å². The van der Waals surface area contributed by atoms with Gasteiger partial charge in [-0.1, -0.05) is 11.6 Å². The quantitative estimate of drug-likeness (QED) is 0.666. The molecule has 2 heterocycles. The average Bonchev–Trinajstić information content (AvgIpc) is 3.33. The van der Waals surface area contributed by atoms with Gasteiger partial charge in [-0.25, -0.2) is 8.42 Å². The number of amides is 1. The number of fused-ring (bicyclic) bond motifs is 1. The van der Waals surface area contributed by atoms with E-state index in [1.54, 1.807) is 30.3 Å². The Morgan fingerprint density at radius 2 is 1.90 bits per heavy atom. The Bertz CT molecular complexity index is 1170. The van der Waals surface area contributed by atoms with E-state index >= 15 is 0 Å². The molecule has 0 saturated carbocycles. The molecule has 0 aliphatic carbocycles. The summed E-state index contributed by atoms with van der Waals surface area (Å²) in [6, 6.07) is 16.1. The summed E-state index contributed by atoms with van der Waals surface area (Å²) in [6.45, 7) is 0.651. The Kier molecular flexibility index (Phi) is 5.10. The number of sulfonamides is 1. The van der Waals surface area contributed by atoms with Gasteiger partial charge < -0.3 is 9.73 Å². The first-order valence-electron chi connectivity index (χ1n) is 9.05. The van der Waals surface area contributed by atoms with Crippen molar-refractivity contribution in [1.29, 1.82) is 0 Å². The summed E-state index contributed by atoms with van der Waals surface area (Å²) in [5, 5.41) is 3.49. The number of hydrogen-bond acceptors (Lipinski definition) is 4. The van der Waals surface area contributed by atoms with Crippen molar-refractivity contribution < 1.29 is 17.6 Å². The summed E-state index contributed by atoms with van der Waals surface area (Å²) in [4.78, 5) is 12.5. The highest BCUT2D eigenvalue weighted by Gasteiger charge is 2.26. The van der Waals surface area contributed by atoms with Crippen LogP contribution < -0.4 is 9.62 Å². The first-order chi connectivity index (χ1) is 13.8. The van der Waals surface area contributed by atoms with E-state index < -0.39 is 10.0 Å². The molecule has 150 valence electrons. The van der Waals surface area contributed by atoms with Crippen molar-refractivity contribution in [3.05, 3.63) is 76.5 Å². The Morgan fingerprint density at radius 1 is 1.14 bits per heavy atom. The minimum absolute atomic E-state index is 0.241. The molecule has 0 atom stereocenters. The van der Waals surface area contributed by atoms with Crippen molar-refractivity contribution in [1.82, 2.24) is 5.32 Å². The lowest BCUT2D eigenvalue weighted by molar-refractivity contribution is 0.0948. The van der Waals surface area contributed by atoms with E-state index in [4.69, 9.17) is 16.0 Å². The molecule has 1 aliphatic heterocycles. The normalized spacial score (nSPS) is 13.4. The van der Waals surface area contributed by atoms with Crippen LogP contribution in [-0.2, 0) is 23.0 Å².